The fraction of sp³-hybridized carbons (Fsp3) is 0.344. The summed E-state index contributed by atoms with van der Waals surface area (Å²) in [6.45, 7) is 2.39. The summed E-state index contributed by atoms with van der Waals surface area (Å²) in [5.41, 5.74) is 1.97. The Morgan fingerprint density at radius 2 is 1.96 bits per heavy atom. The number of carboxylic acids is 1. The van der Waals surface area contributed by atoms with Gasteiger partial charge in [-0.2, -0.15) is 0 Å². The molecule has 2 aromatic carbocycles. The molecule has 0 spiro atoms. The predicted molar refractivity (Wildman–Crippen MR) is 170 cm³/mol. The van der Waals surface area contributed by atoms with Crippen molar-refractivity contribution >= 4 is 52.4 Å². The van der Waals surface area contributed by atoms with Crippen molar-refractivity contribution in [1.29, 1.82) is 0 Å². The Labute approximate surface area is 272 Å². The largest absolute Gasteiger partial charge is 0.481 e. The second-order valence-electron chi connectivity index (χ2n) is 11.8. The molecule has 4 aliphatic rings. The molecule has 3 aliphatic heterocycles. The van der Waals surface area contributed by atoms with Crippen molar-refractivity contribution in [2.45, 2.75) is 30.3 Å². The maximum atomic E-state index is 14.0. The molecule has 1 aromatic heterocycles. The highest BCUT2D eigenvalue weighted by Gasteiger charge is 2.52. The lowest BCUT2D eigenvalue weighted by molar-refractivity contribution is -0.140. The van der Waals surface area contributed by atoms with Crippen LogP contribution in [0.15, 0.2) is 70.3 Å². The number of amides is 2. The highest BCUT2D eigenvalue weighted by molar-refractivity contribution is 7.11. The average molecular weight is 665 g/mol. The number of amidine groups is 1. The number of hydrogen-bond acceptors (Lipinski definition) is 9. The van der Waals surface area contributed by atoms with Crippen molar-refractivity contribution in [3.05, 3.63) is 92.3 Å². The summed E-state index contributed by atoms with van der Waals surface area (Å²) >= 11 is 7.86. The molecule has 4 heterocycles. The quantitative estimate of drug-likeness (QED) is 0.343. The van der Waals surface area contributed by atoms with Gasteiger partial charge in [0.2, 0.25) is 0 Å². The smallest absolute Gasteiger partial charge is 0.338 e. The van der Waals surface area contributed by atoms with Gasteiger partial charge in [0, 0.05) is 66.3 Å². The van der Waals surface area contributed by atoms with Crippen LogP contribution in [0.1, 0.15) is 35.0 Å². The Bertz CT molecular complexity index is 1780. The Kier molecular flexibility index (Phi) is 7.78. The van der Waals surface area contributed by atoms with Crippen LogP contribution in [-0.2, 0) is 19.7 Å². The SMILES string of the molecule is COC(=O)C1=C(CN2CCN3C(=O)N(c4ccc(C5(C(=O)O)CC5)cc4)C[C@@H]3C2)NC(c2nccs2)=N[C@H]1c1ccc(F)cc1Cl. The third kappa shape index (κ3) is 5.31. The number of nitrogens with zero attached hydrogens (tertiary/aromatic N) is 5. The summed E-state index contributed by atoms with van der Waals surface area (Å²) in [7, 11) is 1.30. The molecule has 3 aromatic rings. The number of nitrogens with one attached hydrogen (secondary N) is 1. The zero-order valence-electron chi connectivity index (χ0n) is 24.8. The standard InChI is InChI=1S/C32H30ClFN6O5S/c1-45-29(41)25-24(36-27(28-35-10-13-46-28)37-26(25)22-7-4-19(34)14-23(22)33)17-38-11-12-39-21(15-38)16-40(31(39)44)20-5-2-18(3-6-20)32(8-9-32)30(42)43/h2-7,10,13-14,21,26H,8-9,11-12,15-17H2,1H3,(H,36,37)(H,42,43)/t21-,26-/m0/s1. The van der Waals surface area contributed by atoms with Gasteiger partial charge in [-0.1, -0.05) is 29.8 Å². The number of benzene rings is 2. The number of urea groups is 1. The van der Waals surface area contributed by atoms with Gasteiger partial charge in [0.1, 0.15) is 11.9 Å². The molecule has 2 atom stereocenters. The minimum atomic E-state index is -0.862. The number of aliphatic carboxylic acids is 1. The van der Waals surface area contributed by atoms with E-state index in [4.69, 9.17) is 21.3 Å². The van der Waals surface area contributed by atoms with E-state index in [0.29, 0.717) is 67.7 Å². The van der Waals surface area contributed by atoms with Gasteiger partial charge < -0.3 is 20.1 Å². The van der Waals surface area contributed by atoms with E-state index in [0.717, 1.165) is 11.3 Å². The summed E-state index contributed by atoms with van der Waals surface area (Å²) in [4.78, 5) is 53.5. The molecule has 46 heavy (non-hydrogen) atoms. The molecule has 238 valence electrons. The highest BCUT2D eigenvalue weighted by atomic mass is 35.5. The van der Waals surface area contributed by atoms with E-state index in [1.54, 1.807) is 11.1 Å². The highest BCUT2D eigenvalue weighted by Crippen LogP contribution is 2.48. The summed E-state index contributed by atoms with van der Waals surface area (Å²) in [6, 6.07) is 10.2. The molecule has 2 N–H and O–H groups in total. The number of halogens is 2. The number of methoxy groups -OCH3 is 1. The molecule has 0 radical (unpaired) electrons. The van der Waals surface area contributed by atoms with E-state index >= 15 is 0 Å². The Morgan fingerprint density at radius 3 is 2.61 bits per heavy atom. The number of rotatable bonds is 8. The van der Waals surface area contributed by atoms with Crippen LogP contribution >= 0.6 is 22.9 Å². The average Bonchev–Trinajstić information content (AvgIpc) is 3.55. The molecular formula is C32H30ClFN6O5S. The topological polar surface area (TPSA) is 128 Å². The normalized spacial score (nSPS) is 22.3. The number of piperazine rings is 1. The Hall–Kier alpha value is -4.33. The first-order valence-corrected chi connectivity index (χ1v) is 16.1. The number of ether oxygens (including phenoxy) is 1. The lowest BCUT2D eigenvalue weighted by Crippen LogP contribution is -2.53. The molecule has 7 rings (SSSR count). The van der Waals surface area contributed by atoms with Gasteiger partial charge in [-0.15, -0.1) is 11.3 Å². The molecular weight excluding hydrogens is 635 g/mol. The van der Waals surface area contributed by atoms with E-state index in [9.17, 15) is 23.9 Å². The van der Waals surface area contributed by atoms with Crippen molar-refractivity contribution in [1.82, 2.24) is 20.1 Å². The molecule has 3 fully saturated rings. The molecule has 0 bridgehead atoms. The number of fused-ring (bicyclic) bond motifs is 1. The third-order valence-corrected chi connectivity index (χ3v) is 10.2. The molecule has 0 unspecified atom stereocenters. The monoisotopic (exact) mass is 664 g/mol. The first-order chi connectivity index (χ1) is 22.2. The first-order valence-electron chi connectivity index (χ1n) is 14.8. The number of anilines is 1. The van der Waals surface area contributed by atoms with Crippen LogP contribution in [-0.4, -0.2) is 89.6 Å². The molecule has 1 aliphatic carbocycles. The maximum absolute atomic E-state index is 14.0. The summed E-state index contributed by atoms with van der Waals surface area (Å²) in [6.07, 6.45) is 2.90. The van der Waals surface area contributed by atoms with Crippen LogP contribution in [0, 0.1) is 5.82 Å². The number of thiazole rings is 1. The summed E-state index contributed by atoms with van der Waals surface area (Å²) < 4.78 is 19.2. The number of carbonyl (C=O) groups excluding carboxylic acids is 2. The van der Waals surface area contributed by atoms with Crippen molar-refractivity contribution in [2.75, 3.05) is 44.7 Å². The van der Waals surface area contributed by atoms with Crippen LogP contribution in [0.4, 0.5) is 14.9 Å². The molecule has 11 nitrogen and oxygen atoms in total. The number of hydrogen-bond donors (Lipinski definition) is 2. The van der Waals surface area contributed by atoms with Gasteiger partial charge in [0.25, 0.3) is 0 Å². The molecule has 2 saturated heterocycles. The van der Waals surface area contributed by atoms with E-state index in [1.165, 1.54) is 36.6 Å². The van der Waals surface area contributed by atoms with Crippen LogP contribution in [0.2, 0.25) is 5.02 Å². The van der Waals surface area contributed by atoms with Gasteiger partial charge in [-0.3, -0.25) is 19.6 Å². The number of esters is 1. The van der Waals surface area contributed by atoms with Crippen LogP contribution in [0.25, 0.3) is 0 Å². The number of carbonyl (C=O) groups is 3. The molecule has 14 heteroatoms. The summed E-state index contributed by atoms with van der Waals surface area (Å²) in [5.74, 6) is -1.44. The van der Waals surface area contributed by atoms with Crippen LogP contribution < -0.4 is 10.2 Å². The molecule has 1 saturated carbocycles. The van der Waals surface area contributed by atoms with Gasteiger partial charge in [0.15, 0.2) is 10.8 Å². The van der Waals surface area contributed by atoms with E-state index in [-0.39, 0.29) is 22.7 Å². The lowest BCUT2D eigenvalue weighted by Gasteiger charge is -2.38. The van der Waals surface area contributed by atoms with Crippen LogP contribution in [0.3, 0.4) is 0 Å². The zero-order valence-corrected chi connectivity index (χ0v) is 26.4. The second-order valence-corrected chi connectivity index (χ2v) is 13.1. The third-order valence-electron chi connectivity index (χ3n) is 9.13. The number of aromatic nitrogens is 1. The molecule has 2 amide bonds. The van der Waals surface area contributed by atoms with Crippen molar-refractivity contribution < 1.29 is 28.6 Å². The Morgan fingerprint density at radius 1 is 1.17 bits per heavy atom. The fourth-order valence-corrected chi connectivity index (χ4v) is 7.39. The number of aliphatic imine (C=N–C) groups is 1. The van der Waals surface area contributed by atoms with Crippen molar-refractivity contribution in [3.63, 3.8) is 0 Å². The van der Waals surface area contributed by atoms with Crippen molar-refractivity contribution in [2.24, 2.45) is 4.99 Å². The van der Waals surface area contributed by atoms with Crippen molar-refractivity contribution in [3.8, 4) is 0 Å². The van der Waals surface area contributed by atoms with Gasteiger partial charge in [-0.05, 0) is 42.7 Å². The predicted octanol–water partition coefficient (Wildman–Crippen LogP) is 4.20. The summed E-state index contributed by atoms with van der Waals surface area (Å²) in [5, 5.41) is 15.5. The second kappa shape index (κ2) is 11.8. The van der Waals surface area contributed by atoms with Gasteiger partial charge in [0.05, 0.1) is 24.1 Å². The Balaban J connectivity index is 1.14. The maximum Gasteiger partial charge on any atom is 0.338 e. The minimum absolute atomic E-state index is 0.0915. The fourth-order valence-electron chi connectivity index (χ4n) is 6.53. The first kappa shape index (κ1) is 30.3. The van der Waals surface area contributed by atoms with E-state index < -0.39 is 29.2 Å². The van der Waals surface area contributed by atoms with Gasteiger partial charge >= 0.3 is 18.0 Å². The van der Waals surface area contributed by atoms with E-state index in [1.807, 2.05) is 34.5 Å². The van der Waals surface area contributed by atoms with Crippen LogP contribution in [0.5, 0.6) is 0 Å². The number of carboxylic acid groups (broad SMARTS) is 1. The van der Waals surface area contributed by atoms with Gasteiger partial charge in [-0.25, -0.2) is 19.0 Å². The zero-order chi connectivity index (χ0) is 32.2. The minimum Gasteiger partial charge on any atom is -0.481 e. The van der Waals surface area contributed by atoms with E-state index in [2.05, 4.69) is 15.2 Å². The lowest BCUT2D eigenvalue weighted by atomic mass is 9.95.